The van der Waals surface area contributed by atoms with E-state index in [9.17, 15) is 9.90 Å². The number of aromatic nitrogens is 1. The highest BCUT2D eigenvalue weighted by molar-refractivity contribution is 7.73. The lowest BCUT2D eigenvalue weighted by atomic mass is 10.1. The Morgan fingerprint density at radius 2 is 1.93 bits per heavy atom. The number of thiazole rings is 1. The van der Waals surface area contributed by atoms with Crippen molar-refractivity contribution in [3.8, 4) is 5.88 Å². The van der Waals surface area contributed by atoms with Crippen molar-refractivity contribution in [3.63, 3.8) is 0 Å². The average Bonchev–Trinajstić information content (AvgIpc) is 2.97. The third-order valence-corrected chi connectivity index (χ3v) is 5.41. The van der Waals surface area contributed by atoms with E-state index in [1.807, 2.05) is 24.3 Å². The van der Waals surface area contributed by atoms with Crippen molar-refractivity contribution < 1.29 is 9.90 Å². The van der Waals surface area contributed by atoms with Crippen LogP contribution in [0.2, 0.25) is 10.0 Å². The van der Waals surface area contributed by atoms with Crippen molar-refractivity contribution in [2.45, 2.75) is 6.42 Å². The molecular weight excluding hydrogens is 439 g/mol. The van der Waals surface area contributed by atoms with Crippen LogP contribution in [0.25, 0.3) is 0 Å². The van der Waals surface area contributed by atoms with E-state index in [0.717, 1.165) is 16.9 Å². The molecule has 0 spiro atoms. The van der Waals surface area contributed by atoms with Gasteiger partial charge in [0.2, 0.25) is 11.8 Å². The second kappa shape index (κ2) is 9.20. The molecule has 0 aliphatic rings. The van der Waals surface area contributed by atoms with Gasteiger partial charge >= 0.3 is 0 Å². The third kappa shape index (κ3) is 5.11. The number of halogens is 2. The second-order valence-electron chi connectivity index (χ2n) is 5.58. The monoisotopic (exact) mass is 452 g/mol. The summed E-state index contributed by atoms with van der Waals surface area (Å²) in [6.45, 7) is 0. The van der Waals surface area contributed by atoms with Crippen LogP contribution in [0.4, 0.5) is 11.4 Å². The molecule has 0 bridgehead atoms. The van der Waals surface area contributed by atoms with Gasteiger partial charge in [0.1, 0.15) is 4.88 Å². The fraction of sp³-hybridized carbons (Fsp3) is 0.0556. The molecule has 0 aliphatic heterocycles. The van der Waals surface area contributed by atoms with E-state index in [2.05, 4.69) is 20.8 Å². The summed E-state index contributed by atoms with van der Waals surface area (Å²) in [5.74, 6) is -0.409. The minimum atomic E-state index is -0.325. The lowest BCUT2D eigenvalue weighted by Crippen LogP contribution is -2.20. The zero-order chi connectivity index (χ0) is 20.1. The Balaban J connectivity index is 1.70. The highest BCUT2D eigenvalue weighted by Gasteiger charge is 2.11. The average molecular weight is 453 g/mol. The number of hydrazone groups is 1. The molecule has 0 saturated carbocycles. The first-order valence-electron chi connectivity index (χ1n) is 7.97. The number of aromatic amines is 1. The predicted molar refractivity (Wildman–Crippen MR) is 117 cm³/mol. The van der Waals surface area contributed by atoms with Gasteiger partial charge in [0.15, 0.2) is 3.95 Å². The zero-order valence-electron chi connectivity index (χ0n) is 14.2. The Bertz CT molecular complexity index is 1070. The number of nitrogens with one attached hydrogen (secondary N) is 3. The number of hydrogen-bond acceptors (Lipinski definition) is 6. The van der Waals surface area contributed by atoms with E-state index < -0.39 is 0 Å². The molecule has 3 rings (SSSR count). The van der Waals surface area contributed by atoms with Gasteiger partial charge in [-0.25, -0.2) is 5.43 Å². The van der Waals surface area contributed by atoms with E-state index in [-0.39, 0.29) is 18.2 Å². The topological polar surface area (TPSA) is 89.5 Å². The Morgan fingerprint density at radius 1 is 1.21 bits per heavy atom. The van der Waals surface area contributed by atoms with Crippen molar-refractivity contribution in [2.75, 3.05) is 5.32 Å². The molecule has 1 aromatic heterocycles. The fourth-order valence-electron chi connectivity index (χ4n) is 2.34. The quantitative estimate of drug-likeness (QED) is 0.233. The van der Waals surface area contributed by atoms with Gasteiger partial charge in [-0.3, -0.25) is 4.79 Å². The fourth-order valence-corrected chi connectivity index (χ4v) is 3.80. The number of hydrogen-bond donors (Lipinski definition) is 4. The molecule has 3 aromatic rings. The van der Waals surface area contributed by atoms with Gasteiger partial charge in [0, 0.05) is 5.69 Å². The van der Waals surface area contributed by atoms with E-state index in [0.29, 0.717) is 30.3 Å². The molecule has 10 heteroatoms. The highest BCUT2D eigenvalue weighted by atomic mass is 35.5. The maximum atomic E-state index is 12.2. The van der Waals surface area contributed by atoms with E-state index in [4.69, 9.17) is 35.4 Å². The number of para-hydroxylation sites is 2. The highest BCUT2D eigenvalue weighted by Crippen LogP contribution is 2.33. The Labute approximate surface area is 179 Å². The Hall–Kier alpha value is -2.39. The molecule has 6 nitrogen and oxygen atoms in total. The summed E-state index contributed by atoms with van der Waals surface area (Å²) < 4.78 is 0.420. The molecule has 0 atom stereocenters. The van der Waals surface area contributed by atoms with Gasteiger partial charge in [-0.2, -0.15) is 5.10 Å². The van der Waals surface area contributed by atoms with Gasteiger partial charge in [0.05, 0.1) is 28.4 Å². The second-order valence-corrected chi connectivity index (χ2v) is 8.11. The van der Waals surface area contributed by atoms with Gasteiger partial charge in [0.25, 0.3) is 0 Å². The Kier molecular flexibility index (Phi) is 6.69. The van der Waals surface area contributed by atoms with Crippen LogP contribution in [0.5, 0.6) is 5.88 Å². The van der Waals surface area contributed by atoms with Crippen molar-refractivity contribution in [3.05, 3.63) is 66.9 Å². The molecular formula is C18H14Cl2N4O2S2. The van der Waals surface area contributed by atoms with E-state index in [1.54, 1.807) is 18.2 Å². The number of rotatable bonds is 6. The summed E-state index contributed by atoms with van der Waals surface area (Å²) >= 11 is 18.5. The first-order chi connectivity index (χ1) is 13.4. The van der Waals surface area contributed by atoms with Gasteiger partial charge in [-0.05, 0) is 36.0 Å². The minimum Gasteiger partial charge on any atom is -0.494 e. The molecule has 1 heterocycles. The molecule has 0 aliphatic carbocycles. The van der Waals surface area contributed by atoms with E-state index >= 15 is 0 Å². The SMILES string of the molecule is O=C(Cc1ccccc1Nc1c(Cl)cccc1Cl)N/N=C/c1sc(=S)[nH]c1O. The van der Waals surface area contributed by atoms with E-state index in [1.165, 1.54) is 6.21 Å². The van der Waals surface area contributed by atoms with Crippen LogP contribution in [0.15, 0.2) is 47.6 Å². The van der Waals surface area contributed by atoms with Crippen LogP contribution in [0.3, 0.4) is 0 Å². The first-order valence-corrected chi connectivity index (χ1v) is 9.95. The lowest BCUT2D eigenvalue weighted by molar-refractivity contribution is -0.120. The molecule has 0 unspecified atom stereocenters. The molecule has 0 fully saturated rings. The normalized spacial score (nSPS) is 10.9. The number of H-pyrrole nitrogens is 1. The van der Waals surface area contributed by atoms with Crippen molar-refractivity contribution in [2.24, 2.45) is 5.10 Å². The van der Waals surface area contributed by atoms with Crippen molar-refractivity contribution in [1.29, 1.82) is 0 Å². The van der Waals surface area contributed by atoms with Gasteiger partial charge in [-0.15, -0.1) is 0 Å². The number of aromatic hydroxyl groups is 1. The molecule has 1 amide bonds. The summed E-state index contributed by atoms with van der Waals surface area (Å²) in [7, 11) is 0. The summed E-state index contributed by atoms with van der Waals surface area (Å²) in [6.07, 6.45) is 1.41. The zero-order valence-corrected chi connectivity index (χ0v) is 17.3. The van der Waals surface area contributed by atoms with Gasteiger partial charge in [-0.1, -0.05) is 58.8 Å². The maximum Gasteiger partial charge on any atom is 0.244 e. The van der Waals surface area contributed by atoms with Crippen molar-refractivity contribution >= 4 is 70.3 Å². The van der Waals surface area contributed by atoms with Crippen LogP contribution >= 0.6 is 46.8 Å². The molecule has 144 valence electrons. The van der Waals surface area contributed by atoms with Crippen LogP contribution < -0.4 is 10.7 Å². The van der Waals surface area contributed by atoms with Crippen molar-refractivity contribution in [1.82, 2.24) is 10.4 Å². The summed E-state index contributed by atoms with van der Waals surface area (Å²) in [5, 5.41) is 17.6. The summed E-state index contributed by atoms with van der Waals surface area (Å²) in [5.41, 5.74) is 4.45. The lowest BCUT2D eigenvalue weighted by Gasteiger charge is -2.14. The predicted octanol–water partition coefficient (Wildman–Crippen LogP) is 5.25. The van der Waals surface area contributed by atoms with Crippen LogP contribution in [-0.2, 0) is 11.2 Å². The first kappa shape index (κ1) is 20.3. The van der Waals surface area contributed by atoms with Gasteiger partial charge < -0.3 is 15.4 Å². The third-order valence-electron chi connectivity index (χ3n) is 3.62. The number of anilines is 2. The largest absolute Gasteiger partial charge is 0.494 e. The molecule has 2 aromatic carbocycles. The maximum absolute atomic E-state index is 12.2. The number of carbonyl (C=O) groups is 1. The summed E-state index contributed by atoms with van der Waals surface area (Å²) in [6, 6.07) is 12.5. The van der Waals surface area contributed by atoms with Crippen LogP contribution in [-0.4, -0.2) is 22.2 Å². The number of benzene rings is 2. The number of amides is 1. The standard InChI is InChI=1S/C18H14Cl2N4O2S2/c19-11-5-3-6-12(20)16(11)22-13-7-2-1-4-10(13)8-15(25)24-21-9-14-17(26)23-18(27)28-14/h1-7,9,22,26H,8H2,(H,23,27)(H,24,25)/b21-9+. The number of carbonyl (C=O) groups excluding carboxylic acids is 1. The minimum absolute atomic E-state index is 0.0808. The Morgan fingerprint density at radius 3 is 2.61 bits per heavy atom. The van der Waals surface area contributed by atoms with Crippen LogP contribution in [0, 0.1) is 3.95 Å². The molecule has 0 radical (unpaired) electrons. The smallest absolute Gasteiger partial charge is 0.244 e. The number of nitrogens with zero attached hydrogens (tertiary/aromatic N) is 1. The molecule has 28 heavy (non-hydrogen) atoms. The van der Waals surface area contributed by atoms with Crippen LogP contribution in [0.1, 0.15) is 10.4 Å². The summed E-state index contributed by atoms with van der Waals surface area (Å²) in [4.78, 5) is 15.3. The molecule has 0 saturated heterocycles. The molecule has 4 N–H and O–H groups in total.